The number of para-hydroxylation sites is 2. The Morgan fingerprint density at radius 3 is 2.50 bits per heavy atom. The average molecular weight is 350 g/mol. The quantitative estimate of drug-likeness (QED) is 0.629. The Kier molecular flexibility index (Phi) is 5.07. The minimum absolute atomic E-state index is 0.0959. The van der Waals surface area contributed by atoms with Gasteiger partial charge in [-0.05, 0) is 30.5 Å². The molecule has 0 atom stereocenters. The Balaban J connectivity index is 2.14. The first kappa shape index (κ1) is 17.7. The number of amides is 1. The molecule has 5 nitrogen and oxygen atoms in total. The second-order valence-electron chi connectivity index (χ2n) is 6.71. The van der Waals surface area contributed by atoms with Crippen molar-refractivity contribution in [3.63, 3.8) is 0 Å². The number of fused-ring (bicyclic) bond motifs is 1. The Hall–Kier alpha value is -3.08. The summed E-state index contributed by atoms with van der Waals surface area (Å²) in [6.07, 6.45) is 3.63. The van der Waals surface area contributed by atoms with Crippen LogP contribution in [0.5, 0.6) is 0 Å². The number of hydrogen-bond donors (Lipinski definition) is 1. The lowest BCUT2D eigenvalue weighted by Gasteiger charge is -2.18. The maximum Gasteiger partial charge on any atom is 0.337 e. The molecule has 2 aromatic carbocycles. The standard InChI is InChI=1S/C21H22N2O3/c1-15(2)11-12-22-13-20(16-7-3-5-9-18(16)22)23(14-24)19-10-6-4-8-17(19)21(25)26/h3-10,13-15H,11-12H2,1-2H3,(H,25,26). The first-order valence-electron chi connectivity index (χ1n) is 8.67. The fourth-order valence-corrected chi connectivity index (χ4v) is 3.11. The first-order valence-corrected chi connectivity index (χ1v) is 8.67. The molecule has 0 unspecified atom stereocenters. The summed E-state index contributed by atoms with van der Waals surface area (Å²) in [5, 5.41) is 10.4. The SMILES string of the molecule is CC(C)CCn1cc(N(C=O)c2ccccc2C(=O)O)c2ccccc21. The molecule has 0 radical (unpaired) electrons. The highest BCUT2D eigenvalue weighted by atomic mass is 16.4. The van der Waals surface area contributed by atoms with Gasteiger partial charge in [0.15, 0.2) is 0 Å². The van der Waals surface area contributed by atoms with Crippen LogP contribution in [0.2, 0.25) is 0 Å². The molecule has 26 heavy (non-hydrogen) atoms. The molecule has 3 rings (SSSR count). The molecule has 1 amide bonds. The molecule has 0 aliphatic rings. The molecule has 1 N–H and O–H groups in total. The van der Waals surface area contributed by atoms with Gasteiger partial charge in [-0.3, -0.25) is 9.69 Å². The average Bonchev–Trinajstić information content (AvgIpc) is 3.00. The Bertz CT molecular complexity index is 943. The van der Waals surface area contributed by atoms with E-state index in [1.165, 1.54) is 11.0 Å². The van der Waals surface area contributed by atoms with Gasteiger partial charge in [0.1, 0.15) is 0 Å². The van der Waals surface area contributed by atoms with E-state index in [1.807, 2.05) is 30.5 Å². The van der Waals surface area contributed by atoms with E-state index in [1.54, 1.807) is 18.2 Å². The van der Waals surface area contributed by atoms with Crippen molar-refractivity contribution in [3.05, 3.63) is 60.3 Å². The van der Waals surface area contributed by atoms with Crippen molar-refractivity contribution in [2.45, 2.75) is 26.8 Å². The zero-order valence-electron chi connectivity index (χ0n) is 14.9. The van der Waals surface area contributed by atoms with Gasteiger partial charge in [-0.2, -0.15) is 0 Å². The van der Waals surface area contributed by atoms with Gasteiger partial charge >= 0.3 is 5.97 Å². The highest BCUT2D eigenvalue weighted by molar-refractivity contribution is 6.06. The molecule has 1 aromatic heterocycles. The van der Waals surface area contributed by atoms with E-state index in [9.17, 15) is 14.7 Å². The zero-order valence-corrected chi connectivity index (χ0v) is 14.9. The van der Waals surface area contributed by atoms with Gasteiger partial charge in [0.2, 0.25) is 6.41 Å². The predicted molar refractivity (Wildman–Crippen MR) is 103 cm³/mol. The molecule has 0 spiro atoms. The number of hydrogen-bond acceptors (Lipinski definition) is 2. The summed E-state index contributed by atoms with van der Waals surface area (Å²) in [7, 11) is 0. The van der Waals surface area contributed by atoms with Crippen LogP contribution in [0.15, 0.2) is 54.7 Å². The molecular weight excluding hydrogens is 328 g/mol. The lowest BCUT2D eigenvalue weighted by molar-refractivity contribution is -0.106. The van der Waals surface area contributed by atoms with E-state index in [4.69, 9.17) is 0 Å². The van der Waals surface area contributed by atoms with E-state index in [0.29, 0.717) is 23.7 Å². The number of nitrogens with zero attached hydrogens (tertiary/aromatic N) is 2. The number of aromatic carboxylic acids is 1. The lowest BCUT2D eigenvalue weighted by atomic mass is 10.1. The Morgan fingerprint density at radius 1 is 1.12 bits per heavy atom. The normalized spacial score (nSPS) is 11.0. The number of carbonyl (C=O) groups is 2. The number of aryl methyl sites for hydroxylation is 1. The summed E-state index contributed by atoms with van der Waals surface area (Å²) in [5.41, 5.74) is 2.18. The Labute approximate surface area is 152 Å². The Morgan fingerprint density at radius 2 is 1.81 bits per heavy atom. The third-order valence-electron chi connectivity index (χ3n) is 4.47. The van der Waals surface area contributed by atoms with E-state index in [-0.39, 0.29) is 5.56 Å². The molecular formula is C21H22N2O3. The van der Waals surface area contributed by atoms with Gasteiger partial charge < -0.3 is 9.67 Å². The highest BCUT2D eigenvalue weighted by Crippen LogP contribution is 2.35. The number of carbonyl (C=O) groups excluding carboxylic acids is 1. The van der Waals surface area contributed by atoms with Crippen molar-refractivity contribution in [2.24, 2.45) is 5.92 Å². The van der Waals surface area contributed by atoms with E-state index in [0.717, 1.165) is 23.9 Å². The summed E-state index contributed by atoms with van der Waals surface area (Å²) in [5.74, 6) is -0.495. The van der Waals surface area contributed by atoms with Crippen molar-refractivity contribution in [1.29, 1.82) is 0 Å². The maximum absolute atomic E-state index is 11.9. The highest BCUT2D eigenvalue weighted by Gasteiger charge is 2.20. The number of carboxylic acids is 1. The van der Waals surface area contributed by atoms with E-state index in [2.05, 4.69) is 18.4 Å². The first-order chi connectivity index (χ1) is 12.5. The lowest BCUT2D eigenvalue weighted by Crippen LogP contribution is -2.17. The van der Waals surface area contributed by atoms with Crippen molar-refractivity contribution >= 4 is 34.7 Å². The summed E-state index contributed by atoms with van der Waals surface area (Å²) < 4.78 is 2.13. The molecule has 5 heteroatoms. The monoisotopic (exact) mass is 350 g/mol. The van der Waals surface area contributed by atoms with Crippen LogP contribution in [0, 0.1) is 5.92 Å². The number of rotatable bonds is 7. The van der Waals surface area contributed by atoms with Gasteiger partial charge in [0, 0.05) is 18.1 Å². The van der Waals surface area contributed by atoms with Crippen LogP contribution in [0.3, 0.4) is 0 Å². The zero-order chi connectivity index (χ0) is 18.7. The van der Waals surface area contributed by atoms with Crippen LogP contribution in [-0.2, 0) is 11.3 Å². The molecule has 0 bridgehead atoms. The van der Waals surface area contributed by atoms with Crippen LogP contribution < -0.4 is 4.90 Å². The molecule has 0 saturated heterocycles. The maximum atomic E-state index is 11.9. The van der Waals surface area contributed by atoms with Crippen LogP contribution >= 0.6 is 0 Å². The number of carboxylic acid groups (broad SMARTS) is 1. The van der Waals surface area contributed by atoms with Crippen LogP contribution in [0.4, 0.5) is 11.4 Å². The second kappa shape index (κ2) is 7.44. The molecule has 0 fully saturated rings. The third-order valence-corrected chi connectivity index (χ3v) is 4.47. The topological polar surface area (TPSA) is 62.5 Å². The molecule has 134 valence electrons. The van der Waals surface area contributed by atoms with E-state index < -0.39 is 5.97 Å². The van der Waals surface area contributed by atoms with Gasteiger partial charge in [-0.25, -0.2) is 4.79 Å². The van der Waals surface area contributed by atoms with Crippen LogP contribution in [0.25, 0.3) is 10.9 Å². The molecule has 0 aliphatic carbocycles. The van der Waals surface area contributed by atoms with E-state index >= 15 is 0 Å². The molecule has 3 aromatic rings. The predicted octanol–water partition coefficient (Wildman–Crippen LogP) is 4.68. The fourth-order valence-electron chi connectivity index (χ4n) is 3.11. The molecule has 0 aliphatic heterocycles. The van der Waals surface area contributed by atoms with Gasteiger partial charge in [0.25, 0.3) is 0 Å². The van der Waals surface area contributed by atoms with Crippen LogP contribution in [0.1, 0.15) is 30.6 Å². The van der Waals surface area contributed by atoms with Gasteiger partial charge in [-0.15, -0.1) is 0 Å². The van der Waals surface area contributed by atoms with Crippen molar-refractivity contribution in [2.75, 3.05) is 4.90 Å². The van der Waals surface area contributed by atoms with Gasteiger partial charge in [0.05, 0.1) is 22.5 Å². The minimum Gasteiger partial charge on any atom is -0.478 e. The summed E-state index contributed by atoms with van der Waals surface area (Å²) in [6.45, 7) is 5.19. The van der Waals surface area contributed by atoms with Gasteiger partial charge in [-0.1, -0.05) is 44.2 Å². The summed E-state index contributed by atoms with van der Waals surface area (Å²) >= 11 is 0. The number of benzene rings is 2. The fraction of sp³-hybridized carbons (Fsp3) is 0.238. The largest absolute Gasteiger partial charge is 0.478 e. The van der Waals surface area contributed by atoms with Crippen molar-refractivity contribution in [3.8, 4) is 0 Å². The summed E-state index contributed by atoms with van der Waals surface area (Å²) in [4.78, 5) is 24.9. The smallest absolute Gasteiger partial charge is 0.337 e. The van der Waals surface area contributed by atoms with Crippen molar-refractivity contribution < 1.29 is 14.7 Å². The number of aromatic nitrogens is 1. The van der Waals surface area contributed by atoms with Crippen LogP contribution in [-0.4, -0.2) is 22.1 Å². The minimum atomic E-state index is -1.06. The third kappa shape index (κ3) is 3.33. The molecule has 1 heterocycles. The molecule has 0 saturated carbocycles. The summed E-state index contributed by atoms with van der Waals surface area (Å²) in [6, 6.07) is 14.4. The van der Waals surface area contributed by atoms with Crippen molar-refractivity contribution in [1.82, 2.24) is 4.57 Å². The number of anilines is 2. The second-order valence-corrected chi connectivity index (χ2v) is 6.71.